The fourth-order valence-corrected chi connectivity index (χ4v) is 10.9. The van der Waals surface area contributed by atoms with Crippen LogP contribution in [0.25, 0.3) is 0 Å². The van der Waals surface area contributed by atoms with Crippen molar-refractivity contribution in [1.29, 1.82) is 0 Å². The highest BCUT2D eigenvalue weighted by molar-refractivity contribution is 7.95. The first-order valence-electron chi connectivity index (χ1n) is 16.2. The lowest BCUT2D eigenvalue weighted by Crippen LogP contribution is -2.33. The van der Waals surface area contributed by atoms with Gasteiger partial charge in [-0.25, -0.2) is 0 Å². The minimum absolute atomic E-state index is 0.0462. The van der Waals surface area contributed by atoms with Gasteiger partial charge in [-0.05, 0) is 69.0 Å². The summed E-state index contributed by atoms with van der Waals surface area (Å²) < 4.78 is 10.5. The van der Waals surface area contributed by atoms with Gasteiger partial charge in [0.15, 0.2) is 11.5 Å². The lowest BCUT2D eigenvalue weighted by Gasteiger charge is -2.27. The van der Waals surface area contributed by atoms with Crippen LogP contribution in [-0.2, 0) is 6.42 Å². The highest BCUT2D eigenvalue weighted by atomic mass is 31.2. The molecule has 0 atom stereocenters. The molecule has 0 saturated heterocycles. The molecular formula is C39H50O4P+. The number of hydrogen-bond donors (Lipinski definition) is 2. The van der Waals surface area contributed by atoms with E-state index >= 15 is 0 Å². The van der Waals surface area contributed by atoms with Crippen LogP contribution in [0.15, 0.2) is 91.0 Å². The fourth-order valence-electron chi connectivity index (χ4n) is 6.47. The van der Waals surface area contributed by atoms with Crippen LogP contribution >= 0.6 is 7.26 Å². The molecule has 0 aliphatic rings. The summed E-state index contributed by atoms with van der Waals surface area (Å²) in [6.07, 6.45) is 14.1. The predicted molar refractivity (Wildman–Crippen MR) is 188 cm³/mol. The van der Waals surface area contributed by atoms with Gasteiger partial charge in [0.2, 0.25) is 11.5 Å². The van der Waals surface area contributed by atoms with Crippen LogP contribution in [0.4, 0.5) is 0 Å². The molecule has 0 amide bonds. The van der Waals surface area contributed by atoms with Gasteiger partial charge in [-0.2, -0.15) is 0 Å². The van der Waals surface area contributed by atoms with E-state index in [1.807, 2.05) is 6.92 Å². The van der Waals surface area contributed by atoms with Gasteiger partial charge >= 0.3 is 0 Å². The SMILES string of the molecule is COc1c(O)c(C)c(CCCCCCCCCCCC[P+](c2ccccc2)(c2ccccc2)c2ccccc2)c(O)c1OC. The Kier molecular flexibility index (Phi) is 13.0. The Morgan fingerprint density at radius 3 is 1.27 bits per heavy atom. The normalized spacial score (nSPS) is 11.4. The van der Waals surface area contributed by atoms with E-state index in [2.05, 4.69) is 91.0 Å². The van der Waals surface area contributed by atoms with Gasteiger partial charge in [0.1, 0.15) is 23.2 Å². The maximum atomic E-state index is 10.7. The minimum Gasteiger partial charge on any atom is -0.504 e. The summed E-state index contributed by atoms with van der Waals surface area (Å²) in [5.74, 6) is 0.523. The van der Waals surface area contributed by atoms with Crippen LogP contribution in [0.5, 0.6) is 23.0 Å². The molecule has 234 valence electrons. The quantitative estimate of drug-likeness (QED) is 0.0669. The molecule has 5 heteroatoms. The van der Waals surface area contributed by atoms with Gasteiger partial charge in [-0.15, -0.1) is 0 Å². The fraction of sp³-hybridized carbons (Fsp3) is 0.385. The van der Waals surface area contributed by atoms with Crippen molar-refractivity contribution in [2.75, 3.05) is 20.4 Å². The van der Waals surface area contributed by atoms with E-state index in [4.69, 9.17) is 9.47 Å². The van der Waals surface area contributed by atoms with E-state index in [0.717, 1.165) is 18.4 Å². The lowest BCUT2D eigenvalue weighted by molar-refractivity contribution is 0.313. The van der Waals surface area contributed by atoms with Gasteiger partial charge in [0.05, 0.1) is 20.4 Å². The second-order valence-corrected chi connectivity index (χ2v) is 15.3. The van der Waals surface area contributed by atoms with Crippen LogP contribution in [0.3, 0.4) is 0 Å². The van der Waals surface area contributed by atoms with Crippen molar-refractivity contribution >= 4 is 23.2 Å². The third kappa shape index (κ3) is 7.96. The minimum atomic E-state index is -1.71. The van der Waals surface area contributed by atoms with Crippen LogP contribution in [-0.4, -0.2) is 30.6 Å². The van der Waals surface area contributed by atoms with Crippen molar-refractivity contribution in [3.05, 3.63) is 102 Å². The Hall–Kier alpha value is -3.49. The van der Waals surface area contributed by atoms with Crippen molar-refractivity contribution in [2.24, 2.45) is 0 Å². The predicted octanol–water partition coefficient (Wildman–Crippen LogP) is 8.86. The maximum Gasteiger partial charge on any atom is 0.207 e. The molecule has 0 bridgehead atoms. The van der Waals surface area contributed by atoms with E-state index in [9.17, 15) is 10.2 Å². The summed E-state index contributed by atoms with van der Waals surface area (Å²) in [5.41, 5.74) is 1.41. The van der Waals surface area contributed by atoms with Crippen molar-refractivity contribution in [2.45, 2.75) is 77.6 Å². The number of hydrogen-bond acceptors (Lipinski definition) is 4. The van der Waals surface area contributed by atoms with Gasteiger partial charge in [-0.3, -0.25) is 0 Å². The van der Waals surface area contributed by atoms with Crippen molar-refractivity contribution in [3.8, 4) is 23.0 Å². The average molecular weight is 614 g/mol. The number of phenols is 2. The lowest BCUT2D eigenvalue weighted by atomic mass is 9.98. The summed E-state index contributed by atoms with van der Waals surface area (Å²) in [6, 6.07) is 33.6. The highest BCUT2D eigenvalue weighted by Gasteiger charge is 2.44. The first-order valence-corrected chi connectivity index (χ1v) is 18.2. The third-order valence-electron chi connectivity index (χ3n) is 8.90. The largest absolute Gasteiger partial charge is 0.504 e. The molecule has 4 nitrogen and oxygen atoms in total. The third-order valence-corrected chi connectivity index (χ3v) is 13.4. The molecule has 0 aromatic heterocycles. The number of methoxy groups -OCH3 is 2. The molecule has 0 radical (unpaired) electrons. The molecule has 2 N–H and O–H groups in total. The summed E-state index contributed by atoms with van der Waals surface area (Å²) >= 11 is 0. The zero-order chi connectivity index (χ0) is 31.2. The number of unbranched alkanes of at least 4 members (excludes halogenated alkanes) is 9. The molecule has 0 unspecified atom stereocenters. The summed E-state index contributed by atoms with van der Waals surface area (Å²) in [7, 11) is 1.23. The zero-order valence-corrected chi connectivity index (χ0v) is 27.7. The van der Waals surface area contributed by atoms with Gasteiger partial charge in [0.25, 0.3) is 0 Å². The van der Waals surface area contributed by atoms with E-state index in [1.54, 1.807) is 0 Å². The Labute approximate surface area is 265 Å². The molecule has 0 fully saturated rings. The smallest absolute Gasteiger partial charge is 0.207 e. The Bertz CT molecular complexity index is 1310. The molecule has 4 aromatic rings. The molecule has 0 heterocycles. The van der Waals surface area contributed by atoms with Crippen LogP contribution in [0.2, 0.25) is 0 Å². The van der Waals surface area contributed by atoms with Crippen LogP contribution in [0.1, 0.15) is 75.3 Å². The topological polar surface area (TPSA) is 58.9 Å². The number of ether oxygens (including phenoxy) is 2. The van der Waals surface area contributed by atoms with Crippen LogP contribution < -0.4 is 25.4 Å². The van der Waals surface area contributed by atoms with E-state index in [1.165, 1.54) is 87.7 Å². The first kappa shape index (κ1) is 33.4. The molecule has 4 aromatic carbocycles. The second-order valence-electron chi connectivity index (χ2n) is 11.7. The van der Waals surface area contributed by atoms with Crippen molar-refractivity contribution in [1.82, 2.24) is 0 Å². The number of rotatable bonds is 18. The van der Waals surface area contributed by atoms with Gasteiger partial charge < -0.3 is 19.7 Å². The Balaban J connectivity index is 1.21. The molecule has 0 aliphatic heterocycles. The molecule has 4 rings (SSSR count). The van der Waals surface area contributed by atoms with E-state index in [0.29, 0.717) is 12.0 Å². The van der Waals surface area contributed by atoms with Crippen LogP contribution in [0, 0.1) is 6.92 Å². The van der Waals surface area contributed by atoms with Crippen molar-refractivity contribution in [3.63, 3.8) is 0 Å². The van der Waals surface area contributed by atoms with Gasteiger partial charge in [0, 0.05) is 11.1 Å². The molecule has 0 saturated carbocycles. The molecule has 44 heavy (non-hydrogen) atoms. The molecule has 0 spiro atoms. The van der Waals surface area contributed by atoms with Crippen molar-refractivity contribution < 1.29 is 19.7 Å². The first-order chi connectivity index (χ1) is 21.5. The second kappa shape index (κ2) is 17.1. The Morgan fingerprint density at radius 2 is 0.864 bits per heavy atom. The standard InChI is InChI=1S/C39H49O4P/c1-31-35(37(41)39(43-3)38(42-2)36(31)40)29-21-10-8-6-4-5-7-9-11-22-30-44(32-23-15-12-16-24-32,33-25-17-13-18-26-33)34-27-19-14-20-28-34/h12-20,23-28H,4-11,21-22,29-30H2,1-3H3,(H-,40,41)/p+1. The maximum absolute atomic E-state index is 10.7. The summed E-state index contributed by atoms with van der Waals surface area (Å²) in [6.45, 7) is 1.82. The summed E-state index contributed by atoms with van der Waals surface area (Å²) in [5, 5.41) is 25.6. The molecular weight excluding hydrogens is 563 g/mol. The monoisotopic (exact) mass is 613 g/mol. The van der Waals surface area contributed by atoms with Gasteiger partial charge in [-0.1, -0.05) is 99.5 Å². The Morgan fingerprint density at radius 1 is 0.500 bits per heavy atom. The highest BCUT2D eigenvalue weighted by Crippen LogP contribution is 2.56. The van der Waals surface area contributed by atoms with E-state index < -0.39 is 7.26 Å². The number of phenolic OH excluding ortho intramolecular Hbond substituents is 2. The summed E-state index contributed by atoms with van der Waals surface area (Å²) in [4.78, 5) is 0. The average Bonchev–Trinajstić information content (AvgIpc) is 3.07. The zero-order valence-electron chi connectivity index (χ0n) is 26.8. The van der Waals surface area contributed by atoms with E-state index in [-0.39, 0.29) is 23.0 Å². The number of benzene rings is 4. The number of aromatic hydroxyl groups is 2. The molecule has 0 aliphatic carbocycles.